The van der Waals surface area contributed by atoms with Crippen LogP contribution >= 0.6 is 11.8 Å². The first-order valence-electron chi connectivity index (χ1n) is 8.40. The molecule has 0 aromatic heterocycles. The molecule has 5 nitrogen and oxygen atoms in total. The Labute approximate surface area is 147 Å². The van der Waals surface area contributed by atoms with Crippen molar-refractivity contribution in [2.24, 2.45) is 10.9 Å². The molecular weight excluding hydrogens is 318 g/mol. The molecule has 0 atom stereocenters. The number of nitrogens with zero attached hydrogens (tertiary/aromatic N) is 4. The van der Waals surface area contributed by atoms with E-state index in [9.17, 15) is 0 Å². The molecule has 0 unspecified atom stereocenters. The van der Waals surface area contributed by atoms with Gasteiger partial charge < -0.3 is 10.2 Å². The molecule has 3 aliphatic rings. The number of benzene rings is 1. The number of aliphatic imine (C=N–C) groups is 1. The molecule has 24 heavy (non-hydrogen) atoms. The van der Waals surface area contributed by atoms with Crippen molar-refractivity contribution in [2.45, 2.75) is 24.3 Å². The number of hydrogen-bond acceptors (Lipinski definition) is 6. The highest BCUT2D eigenvalue weighted by Gasteiger charge is 2.24. The van der Waals surface area contributed by atoms with Crippen molar-refractivity contribution < 1.29 is 0 Å². The first-order valence-corrected chi connectivity index (χ1v) is 9.22. The summed E-state index contributed by atoms with van der Waals surface area (Å²) in [5, 5.41) is 13.6. The number of nitrogens with one attached hydrogen (secondary N) is 1. The Balaban J connectivity index is 1.47. The first-order chi connectivity index (χ1) is 11.7. The highest BCUT2D eigenvalue weighted by molar-refractivity contribution is 8.03. The zero-order valence-corrected chi connectivity index (χ0v) is 14.6. The molecule has 6 heteroatoms. The topological polar surface area (TPSA) is 54.7 Å². The van der Waals surface area contributed by atoms with Crippen LogP contribution in [0.25, 0.3) is 0 Å². The third-order valence-corrected chi connectivity index (χ3v) is 5.90. The third-order valence-electron chi connectivity index (χ3n) is 4.83. The van der Waals surface area contributed by atoms with Crippen molar-refractivity contribution in [3.05, 3.63) is 34.6 Å². The number of nitriles is 1. The summed E-state index contributed by atoms with van der Waals surface area (Å²) >= 11 is 1.73. The van der Waals surface area contributed by atoms with Crippen LogP contribution in [0.3, 0.4) is 0 Å². The molecule has 124 valence electrons. The van der Waals surface area contributed by atoms with E-state index >= 15 is 0 Å². The molecule has 4 rings (SSSR count). The zero-order valence-electron chi connectivity index (χ0n) is 13.8. The SMILES string of the molecule is CN1CC=NC2=C1Nc1cc(CN3CCC(C#N)CC3)ccc1S2. The second-order valence-electron chi connectivity index (χ2n) is 6.58. The molecule has 0 aliphatic carbocycles. The van der Waals surface area contributed by atoms with Gasteiger partial charge in [-0.3, -0.25) is 4.90 Å². The van der Waals surface area contributed by atoms with Crippen LogP contribution in [-0.2, 0) is 6.54 Å². The van der Waals surface area contributed by atoms with Crippen LogP contribution in [0.2, 0.25) is 0 Å². The molecule has 0 spiro atoms. The molecule has 1 N–H and O–H groups in total. The summed E-state index contributed by atoms with van der Waals surface area (Å²) in [6.07, 6.45) is 3.95. The number of thioether (sulfide) groups is 1. The van der Waals surface area contributed by atoms with E-state index in [0.29, 0.717) is 0 Å². The minimum atomic E-state index is 0.246. The van der Waals surface area contributed by atoms with Gasteiger partial charge in [-0.15, -0.1) is 0 Å². The van der Waals surface area contributed by atoms with Crippen LogP contribution in [0.4, 0.5) is 5.69 Å². The van der Waals surface area contributed by atoms with Gasteiger partial charge in [0.1, 0.15) is 10.9 Å². The summed E-state index contributed by atoms with van der Waals surface area (Å²) in [7, 11) is 2.09. The van der Waals surface area contributed by atoms with Crippen LogP contribution in [0.5, 0.6) is 0 Å². The van der Waals surface area contributed by atoms with Gasteiger partial charge in [-0.1, -0.05) is 17.8 Å². The van der Waals surface area contributed by atoms with Gasteiger partial charge in [0.05, 0.1) is 18.3 Å². The smallest absolute Gasteiger partial charge is 0.141 e. The van der Waals surface area contributed by atoms with E-state index in [2.05, 4.69) is 51.4 Å². The molecule has 0 bridgehead atoms. The Bertz CT molecular complexity index is 740. The predicted molar refractivity (Wildman–Crippen MR) is 97.7 cm³/mol. The lowest BCUT2D eigenvalue weighted by Gasteiger charge is -2.32. The van der Waals surface area contributed by atoms with Crippen molar-refractivity contribution >= 4 is 23.7 Å². The number of hydrogen-bond donors (Lipinski definition) is 1. The van der Waals surface area contributed by atoms with Crippen LogP contribution in [0.1, 0.15) is 18.4 Å². The molecule has 3 heterocycles. The van der Waals surface area contributed by atoms with Crippen LogP contribution in [-0.4, -0.2) is 42.7 Å². The maximum absolute atomic E-state index is 9.02. The number of anilines is 1. The van der Waals surface area contributed by atoms with E-state index in [-0.39, 0.29) is 5.92 Å². The van der Waals surface area contributed by atoms with E-state index < -0.39 is 0 Å². The Kier molecular flexibility index (Phi) is 4.21. The van der Waals surface area contributed by atoms with Crippen LogP contribution in [0, 0.1) is 17.2 Å². The lowest BCUT2D eigenvalue weighted by molar-refractivity contribution is 0.198. The van der Waals surface area contributed by atoms with E-state index in [0.717, 1.165) is 49.9 Å². The van der Waals surface area contributed by atoms with Gasteiger partial charge in [0.2, 0.25) is 0 Å². The maximum Gasteiger partial charge on any atom is 0.141 e. The minimum absolute atomic E-state index is 0.246. The highest BCUT2D eigenvalue weighted by atomic mass is 32.2. The van der Waals surface area contributed by atoms with Gasteiger partial charge >= 0.3 is 0 Å². The average molecular weight is 339 g/mol. The summed E-state index contributed by atoms with van der Waals surface area (Å²) in [6, 6.07) is 9.06. The van der Waals surface area contributed by atoms with E-state index in [1.807, 2.05) is 6.21 Å². The number of rotatable bonds is 2. The maximum atomic E-state index is 9.02. The standard InChI is InChI=1S/C18H21N5S/c1-22-9-6-20-18-17(22)21-15-10-14(2-3-16(15)24-18)12-23-7-4-13(11-19)5-8-23/h2-3,6,10,13,21H,4-5,7-9,12H2,1H3. The van der Waals surface area contributed by atoms with Crippen molar-refractivity contribution in [3.63, 3.8) is 0 Å². The fourth-order valence-corrected chi connectivity index (χ4v) is 4.35. The molecule has 0 amide bonds. The van der Waals surface area contributed by atoms with Crippen molar-refractivity contribution in [1.82, 2.24) is 9.80 Å². The number of likely N-dealkylation sites (tertiary alicyclic amines) is 1. The van der Waals surface area contributed by atoms with E-state index in [1.165, 1.54) is 16.1 Å². The van der Waals surface area contributed by atoms with Gasteiger partial charge in [0.15, 0.2) is 0 Å². The summed E-state index contributed by atoms with van der Waals surface area (Å²) in [5.41, 5.74) is 2.50. The monoisotopic (exact) mass is 339 g/mol. The normalized spacial score (nSPS) is 21.1. The molecule has 1 saturated heterocycles. The largest absolute Gasteiger partial charge is 0.354 e. The Morgan fingerprint density at radius 2 is 2.21 bits per heavy atom. The fraction of sp³-hybridized carbons (Fsp3) is 0.444. The van der Waals surface area contributed by atoms with Gasteiger partial charge in [-0.25, -0.2) is 4.99 Å². The Morgan fingerprint density at radius 1 is 1.38 bits per heavy atom. The molecule has 1 aromatic rings. The summed E-state index contributed by atoms with van der Waals surface area (Å²) < 4.78 is 0. The van der Waals surface area contributed by atoms with Gasteiger partial charge in [-0.2, -0.15) is 5.26 Å². The molecular formula is C18H21N5S. The van der Waals surface area contributed by atoms with Gasteiger partial charge in [0, 0.05) is 30.6 Å². The average Bonchev–Trinajstić information content (AvgIpc) is 2.61. The van der Waals surface area contributed by atoms with Crippen molar-refractivity contribution in [3.8, 4) is 6.07 Å². The number of fused-ring (bicyclic) bond motifs is 1. The van der Waals surface area contributed by atoms with Crippen LogP contribution in [0.15, 0.2) is 38.9 Å². The fourth-order valence-electron chi connectivity index (χ4n) is 3.36. The quantitative estimate of drug-likeness (QED) is 0.897. The second-order valence-corrected chi connectivity index (χ2v) is 7.61. The van der Waals surface area contributed by atoms with Crippen LogP contribution < -0.4 is 5.32 Å². The molecule has 0 radical (unpaired) electrons. The highest BCUT2D eigenvalue weighted by Crippen LogP contribution is 2.42. The van der Waals surface area contributed by atoms with Gasteiger partial charge in [-0.05, 0) is 43.6 Å². The van der Waals surface area contributed by atoms with Crippen molar-refractivity contribution in [1.29, 1.82) is 5.26 Å². The van der Waals surface area contributed by atoms with Crippen molar-refractivity contribution in [2.75, 3.05) is 32.0 Å². The lowest BCUT2D eigenvalue weighted by atomic mass is 9.98. The predicted octanol–water partition coefficient (Wildman–Crippen LogP) is 3.08. The summed E-state index contributed by atoms with van der Waals surface area (Å²) in [4.78, 5) is 10.4. The molecule has 1 fully saturated rings. The van der Waals surface area contributed by atoms with Gasteiger partial charge in [0.25, 0.3) is 0 Å². The lowest BCUT2D eigenvalue weighted by Crippen LogP contribution is -2.33. The first kappa shape index (κ1) is 15.6. The summed E-state index contributed by atoms with van der Waals surface area (Å²) in [5.74, 6) is 1.34. The third kappa shape index (κ3) is 3.02. The minimum Gasteiger partial charge on any atom is -0.354 e. The van der Waals surface area contributed by atoms with E-state index in [4.69, 9.17) is 5.26 Å². The molecule has 0 saturated carbocycles. The molecule has 1 aromatic carbocycles. The molecule has 3 aliphatic heterocycles. The zero-order chi connectivity index (χ0) is 16.5. The van der Waals surface area contributed by atoms with E-state index in [1.54, 1.807) is 11.8 Å². The Morgan fingerprint density at radius 3 is 3.00 bits per heavy atom. The Hall–Kier alpha value is -1.97. The second kappa shape index (κ2) is 6.50. The number of piperidine rings is 1. The summed E-state index contributed by atoms with van der Waals surface area (Å²) in [6.45, 7) is 3.83.